The van der Waals surface area contributed by atoms with Crippen molar-refractivity contribution in [2.24, 2.45) is 7.05 Å². The van der Waals surface area contributed by atoms with Crippen LogP contribution in [-0.4, -0.2) is 15.0 Å². The van der Waals surface area contributed by atoms with E-state index in [1.54, 1.807) is 30.1 Å². The highest BCUT2D eigenvalue weighted by molar-refractivity contribution is 5.22. The van der Waals surface area contributed by atoms with E-state index in [4.69, 9.17) is 4.74 Å². The Hall–Kier alpha value is -1.91. The second-order valence-electron chi connectivity index (χ2n) is 3.13. The zero-order chi connectivity index (χ0) is 10.7. The number of ether oxygens (including phenoxy) is 1. The number of nitrogens with zero attached hydrogens (tertiary/aromatic N) is 3. The van der Waals surface area contributed by atoms with Gasteiger partial charge in [-0.2, -0.15) is 0 Å². The molecule has 15 heavy (non-hydrogen) atoms. The van der Waals surface area contributed by atoms with E-state index in [2.05, 4.69) is 10.3 Å². The van der Waals surface area contributed by atoms with Crippen molar-refractivity contribution in [2.45, 2.75) is 6.61 Å². The average molecular weight is 207 g/mol. The molecule has 0 saturated heterocycles. The van der Waals surface area contributed by atoms with Crippen LogP contribution < -0.4 is 4.74 Å². The van der Waals surface area contributed by atoms with Gasteiger partial charge in [-0.15, -0.1) is 5.10 Å². The third-order valence-corrected chi connectivity index (χ3v) is 1.83. The van der Waals surface area contributed by atoms with Crippen LogP contribution >= 0.6 is 0 Å². The lowest BCUT2D eigenvalue weighted by Crippen LogP contribution is -1.95. The summed E-state index contributed by atoms with van der Waals surface area (Å²) in [5, 5.41) is 7.61. The van der Waals surface area contributed by atoms with Crippen molar-refractivity contribution in [1.29, 1.82) is 0 Å². The first-order valence-electron chi connectivity index (χ1n) is 4.47. The Balaban J connectivity index is 1.99. The quantitative estimate of drug-likeness (QED) is 0.766. The summed E-state index contributed by atoms with van der Waals surface area (Å²) >= 11 is 0. The third-order valence-electron chi connectivity index (χ3n) is 1.83. The van der Waals surface area contributed by atoms with Gasteiger partial charge in [0.05, 0.1) is 6.20 Å². The number of aryl methyl sites for hydroxylation is 1. The molecule has 5 heteroatoms. The SMILES string of the molecule is Cn1cc(COc2cccc(F)c2)nn1. The van der Waals surface area contributed by atoms with Crippen molar-refractivity contribution in [2.75, 3.05) is 0 Å². The molecule has 4 nitrogen and oxygen atoms in total. The summed E-state index contributed by atoms with van der Waals surface area (Å²) < 4.78 is 19.7. The fourth-order valence-corrected chi connectivity index (χ4v) is 1.18. The molecule has 0 spiro atoms. The molecule has 78 valence electrons. The van der Waals surface area contributed by atoms with Crippen LogP contribution in [0.15, 0.2) is 30.5 Å². The second kappa shape index (κ2) is 4.08. The molecule has 1 aromatic carbocycles. The van der Waals surface area contributed by atoms with Gasteiger partial charge >= 0.3 is 0 Å². The lowest BCUT2D eigenvalue weighted by Gasteiger charge is -2.02. The highest BCUT2D eigenvalue weighted by atomic mass is 19.1. The number of hydrogen-bond acceptors (Lipinski definition) is 3. The molecule has 0 aliphatic heterocycles. The molecule has 0 unspecified atom stereocenters. The summed E-state index contributed by atoms with van der Waals surface area (Å²) in [7, 11) is 1.78. The maximum atomic E-state index is 12.8. The number of hydrogen-bond donors (Lipinski definition) is 0. The molecule has 1 aromatic heterocycles. The van der Waals surface area contributed by atoms with Crippen molar-refractivity contribution < 1.29 is 9.13 Å². The van der Waals surface area contributed by atoms with Crippen LogP contribution in [0.1, 0.15) is 5.69 Å². The lowest BCUT2D eigenvalue weighted by molar-refractivity contribution is 0.299. The Morgan fingerprint density at radius 1 is 1.47 bits per heavy atom. The predicted octanol–water partition coefficient (Wildman–Crippen LogP) is 1.53. The van der Waals surface area contributed by atoms with Gasteiger partial charge in [0.2, 0.25) is 0 Å². The van der Waals surface area contributed by atoms with Gasteiger partial charge in [-0.05, 0) is 12.1 Å². The smallest absolute Gasteiger partial charge is 0.134 e. The summed E-state index contributed by atoms with van der Waals surface area (Å²) in [5.41, 5.74) is 0.710. The number of benzene rings is 1. The topological polar surface area (TPSA) is 39.9 Å². The Labute approximate surface area is 86.3 Å². The lowest BCUT2D eigenvalue weighted by atomic mass is 10.3. The first kappa shape index (κ1) is 9.64. The Morgan fingerprint density at radius 3 is 3.00 bits per heavy atom. The molecule has 2 rings (SSSR count). The largest absolute Gasteiger partial charge is 0.487 e. The monoisotopic (exact) mass is 207 g/mol. The second-order valence-corrected chi connectivity index (χ2v) is 3.13. The van der Waals surface area contributed by atoms with Crippen LogP contribution in [0.25, 0.3) is 0 Å². The Kier molecular flexibility index (Phi) is 2.62. The molecule has 0 aliphatic carbocycles. The summed E-state index contributed by atoms with van der Waals surface area (Å²) in [6, 6.07) is 5.99. The van der Waals surface area contributed by atoms with Crippen molar-refractivity contribution in [3.05, 3.63) is 42.0 Å². The van der Waals surface area contributed by atoms with E-state index >= 15 is 0 Å². The van der Waals surface area contributed by atoms with Crippen LogP contribution in [0.3, 0.4) is 0 Å². The molecule has 2 aromatic rings. The van der Waals surface area contributed by atoms with Crippen molar-refractivity contribution in [1.82, 2.24) is 15.0 Å². The van der Waals surface area contributed by atoms with Crippen LogP contribution in [0.2, 0.25) is 0 Å². The Bertz CT molecular complexity index is 455. The zero-order valence-corrected chi connectivity index (χ0v) is 8.22. The first-order valence-corrected chi connectivity index (χ1v) is 4.47. The van der Waals surface area contributed by atoms with Gasteiger partial charge in [-0.1, -0.05) is 11.3 Å². The molecule has 0 fully saturated rings. The fraction of sp³-hybridized carbons (Fsp3) is 0.200. The van der Waals surface area contributed by atoms with Gasteiger partial charge in [0.15, 0.2) is 0 Å². The van der Waals surface area contributed by atoms with Crippen molar-refractivity contribution in [3.8, 4) is 5.75 Å². The molecular weight excluding hydrogens is 197 g/mol. The summed E-state index contributed by atoms with van der Waals surface area (Å²) in [6.45, 7) is 0.289. The highest BCUT2D eigenvalue weighted by Crippen LogP contribution is 2.13. The summed E-state index contributed by atoms with van der Waals surface area (Å²) in [4.78, 5) is 0. The molecule has 0 atom stereocenters. The molecule has 1 heterocycles. The fourth-order valence-electron chi connectivity index (χ4n) is 1.18. The van der Waals surface area contributed by atoms with Gasteiger partial charge in [-0.25, -0.2) is 4.39 Å². The molecule has 0 bridgehead atoms. The standard InChI is InChI=1S/C10H10FN3O/c1-14-6-9(12-13-14)7-15-10-4-2-3-8(11)5-10/h2-6H,7H2,1H3. The maximum Gasteiger partial charge on any atom is 0.134 e. The van der Waals surface area contributed by atoms with E-state index < -0.39 is 0 Å². The normalized spacial score (nSPS) is 10.3. The highest BCUT2D eigenvalue weighted by Gasteiger charge is 2.00. The molecule has 0 N–H and O–H groups in total. The summed E-state index contributed by atoms with van der Waals surface area (Å²) in [5.74, 6) is 0.173. The van der Waals surface area contributed by atoms with Crippen molar-refractivity contribution in [3.63, 3.8) is 0 Å². The van der Waals surface area contributed by atoms with Crippen LogP contribution in [-0.2, 0) is 13.7 Å². The zero-order valence-electron chi connectivity index (χ0n) is 8.22. The van der Waals surface area contributed by atoms with E-state index in [9.17, 15) is 4.39 Å². The minimum atomic E-state index is -0.313. The summed E-state index contributed by atoms with van der Waals surface area (Å²) in [6.07, 6.45) is 1.75. The van der Waals surface area contributed by atoms with E-state index in [-0.39, 0.29) is 12.4 Å². The van der Waals surface area contributed by atoms with Crippen molar-refractivity contribution >= 4 is 0 Å². The van der Waals surface area contributed by atoms with Gasteiger partial charge in [0.25, 0.3) is 0 Å². The molecule has 0 aliphatic rings. The number of rotatable bonds is 3. The van der Waals surface area contributed by atoms with E-state index in [1.807, 2.05) is 0 Å². The third kappa shape index (κ3) is 2.52. The number of aromatic nitrogens is 3. The average Bonchev–Trinajstić information content (AvgIpc) is 2.62. The molecule has 0 amide bonds. The maximum absolute atomic E-state index is 12.8. The van der Waals surface area contributed by atoms with Crippen LogP contribution in [0, 0.1) is 5.82 Å². The minimum Gasteiger partial charge on any atom is -0.487 e. The van der Waals surface area contributed by atoms with Gasteiger partial charge < -0.3 is 4.74 Å². The molecule has 0 saturated carbocycles. The van der Waals surface area contributed by atoms with Crippen LogP contribution in [0.5, 0.6) is 5.75 Å². The predicted molar refractivity (Wildman–Crippen MR) is 51.7 cm³/mol. The minimum absolute atomic E-state index is 0.289. The Morgan fingerprint density at radius 2 is 2.33 bits per heavy atom. The van der Waals surface area contributed by atoms with E-state index in [0.717, 1.165) is 0 Å². The van der Waals surface area contributed by atoms with Gasteiger partial charge in [0.1, 0.15) is 23.9 Å². The van der Waals surface area contributed by atoms with E-state index in [0.29, 0.717) is 11.4 Å². The van der Waals surface area contributed by atoms with Gasteiger partial charge in [0, 0.05) is 13.1 Å². The first-order chi connectivity index (χ1) is 7.24. The molecular formula is C10H10FN3O. The molecule has 0 radical (unpaired) electrons. The van der Waals surface area contributed by atoms with Crippen LogP contribution in [0.4, 0.5) is 4.39 Å². The van der Waals surface area contributed by atoms with Gasteiger partial charge in [-0.3, -0.25) is 4.68 Å². The number of halogens is 1. The van der Waals surface area contributed by atoms with E-state index in [1.165, 1.54) is 12.1 Å².